The Bertz CT molecular complexity index is 232. The van der Waals surface area contributed by atoms with Crippen LogP contribution in [0, 0.1) is 0 Å². The Hall–Kier alpha value is -0.0231. The van der Waals surface area contributed by atoms with Gasteiger partial charge in [0, 0.05) is 25.9 Å². The molecule has 6 nitrogen and oxygen atoms in total. The minimum absolute atomic E-state index is 0.498. The highest BCUT2D eigenvalue weighted by Crippen LogP contribution is 2.18. The maximum absolute atomic E-state index is 6.09. The molecule has 25 heavy (non-hydrogen) atoms. The highest BCUT2D eigenvalue weighted by Gasteiger charge is 2.40. The van der Waals surface area contributed by atoms with Crippen LogP contribution < -0.4 is 0 Å². The molecule has 0 aliphatic heterocycles. The van der Waals surface area contributed by atoms with Gasteiger partial charge in [0.1, 0.15) is 0 Å². The summed E-state index contributed by atoms with van der Waals surface area (Å²) in [4.78, 5) is 0. The van der Waals surface area contributed by atoms with Crippen LogP contribution in [0.5, 0.6) is 0 Å². The van der Waals surface area contributed by atoms with Crippen LogP contribution in [-0.4, -0.2) is 68.3 Å². The van der Waals surface area contributed by atoms with Crippen LogP contribution >= 0.6 is 0 Å². The van der Waals surface area contributed by atoms with Crippen molar-refractivity contribution in [3.8, 4) is 0 Å². The Morgan fingerprint density at radius 2 is 0.800 bits per heavy atom. The molecule has 0 aromatic rings. The van der Waals surface area contributed by atoms with E-state index in [1.54, 1.807) is 0 Å². The van der Waals surface area contributed by atoms with Gasteiger partial charge in [-0.25, -0.2) is 0 Å². The third-order valence-electron chi connectivity index (χ3n) is 3.25. The quantitative estimate of drug-likeness (QED) is 0.237. The second-order valence-corrected chi connectivity index (χ2v) is 8.55. The van der Waals surface area contributed by atoms with Crippen LogP contribution in [0.1, 0.15) is 53.4 Å². The molecule has 7 heteroatoms. The predicted molar refractivity (Wildman–Crippen MR) is 102 cm³/mol. The first-order chi connectivity index (χ1) is 12.2. The molecule has 0 fully saturated rings. The first-order valence-corrected chi connectivity index (χ1v) is 11.8. The van der Waals surface area contributed by atoms with Crippen molar-refractivity contribution in [1.82, 2.24) is 0 Å². The summed E-state index contributed by atoms with van der Waals surface area (Å²) in [5.41, 5.74) is 0. The lowest BCUT2D eigenvalue weighted by Crippen LogP contribution is -2.47. The number of rotatable bonds is 20. The van der Waals surface area contributed by atoms with Gasteiger partial charge in [0.2, 0.25) is 0 Å². The lowest BCUT2D eigenvalue weighted by molar-refractivity contribution is 0.000584. The predicted octanol–water partition coefficient (Wildman–Crippen LogP) is 3.66. The standard InChI is InChI=1S/C18H40O6Si/c1-5-9-19-12-15-22-25(18-8-4,23-16-13-20-10-6-2)24-17-14-21-11-7-3/h5-18H2,1-4H3. The zero-order valence-corrected chi connectivity index (χ0v) is 17.8. The SMILES string of the molecule is CCCOCCO[Si](CCC)(OCCOCCC)OCCOCCC. The van der Waals surface area contributed by atoms with Crippen LogP contribution in [0.4, 0.5) is 0 Å². The average molecular weight is 381 g/mol. The number of ether oxygens (including phenoxy) is 3. The minimum atomic E-state index is -2.72. The van der Waals surface area contributed by atoms with E-state index < -0.39 is 8.80 Å². The molecule has 0 saturated heterocycles. The van der Waals surface area contributed by atoms with Gasteiger partial charge in [0.05, 0.1) is 39.6 Å². The molecule has 0 radical (unpaired) electrons. The Kier molecular flexibility index (Phi) is 18.7. The van der Waals surface area contributed by atoms with Gasteiger partial charge in [-0.2, -0.15) is 0 Å². The molecule has 0 unspecified atom stereocenters. The van der Waals surface area contributed by atoms with E-state index in [4.69, 9.17) is 27.5 Å². The van der Waals surface area contributed by atoms with Crippen LogP contribution in [0.15, 0.2) is 0 Å². The molecule has 0 N–H and O–H groups in total. The molecule has 0 bridgehead atoms. The fraction of sp³-hybridized carbons (Fsp3) is 1.00. The van der Waals surface area contributed by atoms with Gasteiger partial charge in [-0.3, -0.25) is 0 Å². The summed E-state index contributed by atoms with van der Waals surface area (Å²) in [6.45, 7) is 13.9. The van der Waals surface area contributed by atoms with E-state index in [2.05, 4.69) is 27.7 Å². The van der Waals surface area contributed by atoms with Crippen molar-refractivity contribution in [3.63, 3.8) is 0 Å². The third-order valence-corrected chi connectivity index (χ3v) is 6.29. The summed E-state index contributed by atoms with van der Waals surface area (Å²) in [5, 5.41) is 0. The van der Waals surface area contributed by atoms with E-state index in [1.807, 2.05) is 0 Å². The van der Waals surface area contributed by atoms with E-state index >= 15 is 0 Å². The molecule has 0 aromatic carbocycles. The zero-order chi connectivity index (χ0) is 18.6. The monoisotopic (exact) mass is 380 g/mol. The van der Waals surface area contributed by atoms with Crippen molar-refractivity contribution in [2.45, 2.75) is 59.4 Å². The van der Waals surface area contributed by atoms with Gasteiger partial charge in [0.15, 0.2) is 0 Å². The Labute approximate surface area is 155 Å². The van der Waals surface area contributed by atoms with Gasteiger partial charge in [-0.05, 0) is 19.3 Å². The fourth-order valence-corrected chi connectivity index (χ4v) is 4.63. The molecule has 0 saturated carbocycles. The van der Waals surface area contributed by atoms with Crippen molar-refractivity contribution >= 4 is 8.80 Å². The van der Waals surface area contributed by atoms with Crippen LogP contribution in [-0.2, 0) is 27.5 Å². The number of hydrogen-bond donors (Lipinski definition) is 0. The van der Waals surface area contributed by atoms with Gasteiger partial charge < -0.3 is 27.5 Å². The van der Waals surface area contributed by atoms with Crippen LogP contribution in [0.3, 0.4) is 0 Å². The summed E-state index contributed by atoms with van der Waals surface area (Å²) in [6, 6.07) is 0.794. The smallest absolute Gasteiger partial charge is 0.379 e. The Morgan fingerprint density at radius 3 is 1.08 bits per heavy atom. The Morgan fingerprint density at radius 1 is 0.440 bits per heavy atom. The van der Waals surface area contributed by atoms with E-state index in [-0.39, 0.29) is 0 Å². The summed E-state index contributed by atoms with van der Waals surface area (Å²) >= 11 is 0. The molecule has 0 rings (SSSR count). The molecule has 0 aromatic heterocycles. The second-order valence-electron chi connectivity index (χ2n) is 5.82. The lowest BCUT2D eigenvalue weighted by atomic mass is 10.5. The van der Waals surface area contributed by atoms with Crippen LogP contribution in [0.2, 0.25) is 6.04 Å². The molecule has 0 aliphatic rings. The zero-order valence-electron chi connectivity index (χ0n) is 16.8. The molecule has 0 spiro atoms. The largest absolute Gasteiger partial charge is 0.501 e. The molecule has 152 valence electrons. The van der Waals surface area contributed by atoms with Crippen molar-refractivity contribution < 1.29 is 27.5 Å². The van der Waals surface area contributed by atoms with Gasteiger partial charge >= 0.3 is 8.80 Å². The third kappa shape index (κ3) is 14.8. The van der Waals surface area contributed by atoms with Gasteiger partial charge in [0.25, 0.3) is 0 Å². The van der Waals surface area contributed by atoms with Crippen molar-refractivity contribution in [1.29, 1.82) is 0 Å². The maximum atomic E-state index is 6.09. The van der Waals surface area contributed by atoms with Crippen LogP contribution in [0.25, 0.3) is 0 Å². The van der Waals surface area contributed by atoms with E-state index in [0.29, 0.717) is 39.6 Å². The highest BCUT2D eigenvalue weighted by molar-refractivity contribution is 6.60. The first kappa shape index (κ1) is 25.0. The maximum Gasteiger partial charge on any atom is 0.501 e. The number of hydrogen-bond acceptors (Lipinski definition) is 6. The fourth-order valence-electron chi connectivity index (χ4n) is 2.16. The van der Waals surface area contributed by atoms with Crippen molar-refractivity contribution in [2.75, 3.05) is 59.5 Å². The van der Waals surface area contributed by atoms with E-state index in [0.717, 1.165) is 51.5 Å². The topological polar surface area (TPSA) is 55.4 Å². The summed E-state index contributed by atoms with van der Waals surface area (Å²) < 4.78 is 34.8. The summed E-state index contributed by atoms with van der Waals surface area (Å²) in [5.74, 6) is 0. The first-order valence-electron chi connectivity index (χ1n) is 9.89. The van der Waals surface area contributed by atoms with Crippen molar-refractivity contribution in [3.05, 3.63) is 0 Å². The van der Waals surface area contributed by atoms with E-state index in [1.165, 1.54) is 0 Å². The summed E-state index contributed by atoms with van der Waals surface area (Å²) in [6.07, 6.45) is 3.98. The average Bonchev–Trinajstić information content (AvgIpc) is 2.61. The molecular formula is C18H40O6Si. The highest BCUT2D eigenvalue weighted by atomic mass is 28.4. The molecular weight excluding hydrogens is 340 g/mol. The summed E-state index contributed by atoms with van der Waals surface area (Å²) in [7, 11) is -2.72. The molecule has 0 amide bonds. The Balaban J connectivity index is 4.40. The van der Waals surface area contributed by atoms with Crippen molar-refractivity contribution in [2.24, 2.45) is 0 Å². The second kappa shape index (κ2) is 18.8. The van der Waals surface area contributed by atoms with Gasteiger partial charge in [-0.1, -0.05) is 34.1 Å². The van der Waals surface area contributed by atoms with Gasteiger partial charge in [-0.15, -0.1) is 0 Å². The minimum Gasteiger partial charge on any atom is -0.379 e. The normalized spacial score (nSPS) is 12.0. The molecule has 0 atom stereocenters. The molecule has 0 heterocycles. The lowest BCUT2D eigenvalue weighted by Gasteiger charge is -2.29. The molecule has 0 aliphatic carbocycles. The van der Waals surface area contributed by atoms with E-state index in [9.17, 15) is 0 Å².